The molecular formula is C21H26F3N5O2. The minimum Gasteiger partial charge on any atom is -0.347 e. The fourth-order valence-electron chi connectivity index (χ4n) is 5.64. The quantitative estimate of drug-likeness (QED) is 0.772. The molecule has 1 aromatic rings. The molecule has 31 heavy (non-hydrogen) atoms. The van der Waals surface area contributed by atoms with Crippen molar-refractivity contribution in [1.29, 1.82) is 0 Å². The Morgan fingerprint density at radius 2 is 1.74 bits per heavy atom. The lowest BCUT2D eigenvalue weighted by Crippen LogP contribution is -2.72. The van der Waals surface area contributed by atoms with E-state index in [1.165, 1.54) is 6.20 Å². The lowest BCUT2D eigenvalue weighted by Gasteiger charge is -2.57. The van der Waals surface area contributed by atoms with Crippen LogP contribution in [-0.4, -0.2) is 63.4 Å². The molecule has 4 aliphatic rings. The third-order valence-electron chi connectivity index (χ3n) is 7.48. The van der Waals surface area contributed by atoms with Crippen LogP contribution in [0.5, 0.6) is 0 Å². The molecule has 1 aliphatic carbocycles. The second-order valence-corrected chi connectivity index (χ2v) is 9.86. The average Bonchev–Trinajstić information content (AvgIpc) is 3.07. The monoisotopic (exact) mass is 437 g/mol. The summed E-state index contributed by atoms with van der Waals surface area (Å²) in [7, 11) is 0. The summed E-state index contributed by atoms with van der Waals surface area (Å²) in [5.74, 6) is 0.469. The average molecular weight is 437 g/mol. The Hall–Kier alpha value is -2.39. The highest BCUT2D eigenvalue weighted by Gasteiger charge is 2.53. The van der Waals surface area contributed by atoms with E-state index in [1.807, 2.05) is 9.80 Å². The van der Waals surface area contributed by atoms with E-state index in [2.05, 4.69) is 15.3 Å². The highest BCUT2D eigenvalue weighted by atomic mass is 19.4. The molecular weight excluding hydrogens is 411 g/mol. The number of rotatable bonds is 2. The highest BCUT2D eigenvalue weighted by Crippen LogP contribution is 2.47. The fraction of sp³-hybridized carbons (Fsp3) is 0.714. The van der Waals surface area contributed by atoms with Crippen molar-refractivity contribution in [1.82, 2.24) is 25.1 Å². The molecule has 1 aromatic heterocycles. The van der Waals surface area contributed by atoms with Gasteiger partial charge in [-0.1, -0.05) is 0 Å². The summed E-state index contributed by atoms with van der Waals surface area (Å²) in [5, 5.41) is 3.00. The second-order valence-electron chi connectivity index (χ2n) is 9.86. The van der Waals surface area contributed by atoms with Crippen molar-refractivity contribution in [3.8, 4) is 0 Å². The van der Waals surface area contributed by atoms with E-state index in [4.69, 9.17) is 0 Å². The number of nitrogens with one attached hydrogen (secondary N) is 1. The van der Waals surface area contributed by atoms with Crippen LogP contribution in [0.25, 0.3) is 0 Å². The summed E-state index contributed by atoms with van der Waals surface area (Å²) in [6.45, 7) is 2.76. The minimum absolute atomic E-state index is 0.0690. The molecule has 4 fully saturated rings. The number of amides is 3. The first-order valence-corrected chi connectivity index (χ1v) is 10.9. The number of carbonyl (C=O) groups is 2. The number of nitrogens with zero attached hydrogens (tertiary/aromatic N) is 4. The van der Waals surface area contributed by atoms with Crippen LogP contribution >= 0.6 is 0 Å². The molecule has 2 spiro atoms. The van der Waals surface area contributed by atoms with E-state index < -0.39 is 11.9 Å². The van der Waals surface area contributed by atoms with Crippen LogP contribution in [0.4, 0.5) is 18.0 Å². The van der Waals surface area contributed by atoms with Gasteiger partial charge in [0.05, 0.1) is 17.4 Å². The molecule has 3 saturated heterocycles. The molecule has 5 rings (SSSR count). The zero-order valence-electron chi connectivity index (χ0n) is 17.2. The maximum atomic E-state index is 12.7. The van der Waals surface area contributed by atoms with Crippen molar-refractivity contribution in [3.05, 3.63) is 23.8 Å². The fourth-order valence-corrected chi connectivity index (χ4v) is 5.64. The highest BCUT2D eigenvalue weighted by molar-refractivity contribution is 5.82. The minimum atomic E-state index is -4.46. The van der Waals surface area contributed by atoms with Crippen molar-refractivity contribution < 1.29 is 22.8 Å². The predicted octanol–water partition coefficient (Wildman–Crippen LogP) is 2.61. The van der Waals surface area contributed by atoms with E-state index in [0.29, 0.717) is 37.5 Å². The van der Waals surface area contributed by atoms with E-state index in [-0.39, 0.29) is 22.9 Å². The van der Waals surface area contributed by atoms with Gasteiger partial charge >= 0.3 is 12.2 Å². The van der Waals surface area contributed by atoms with Gasteiger partial charge in [0.1, 0.15) is 0 Å². The van der Waals surface area contributed by atoms with Gasteiger partial charge in [0.15, 0.2) is 5.69 Å². The van der Waals surface area contributed by atoms with E-state index >= 15 is 0 Å². The van der Waals surface area contributed by atoms with Crippen LogP contribution < -0.4 is 5.32 Å². The van der Waals surface area contributed by atoms with E-state index in [0.717, 1.165) is 51.4 Å². The molecule has 0 aromatic carbocycles. The summed E-state index contributed by atoms with van der Waals surface area (Å²) < 4.78 is 37.8. The first kappa shape index (κ1) is 20.5. The Labute approximate surface area is 178 Å². The van der Waals surface area contributed by atoms with Gasteiger partial charge in [-0.25, -0.2) is 9.78 Å². The summed E-state index contributed by atoms with van der Waals surface area (Å²) in [6.07, 6.45) is 3.62. The van der Waals surface area contributed by atoms with Crippen LogP contribution in [-0.2, 0) is 17.4 Å². The lowest BCUT2D eigenvalue weighted by molar-refractivity contribution is -0.141. The molecule has 0 radical (unpaired) electrons. The second kappa shape index (κ2) is 7.06. The predicted molar refractivity (Wildman–Crippen MR) is 104 cm³/mol. The van der Waals surface area contributed by atoms with Gasteiger partial charge in [0, 0.05) is 44.2 Å². The van der Waals surface area contributed by atoms with Crippen LogP contribution in [0.3, 0.4) is 0 Å². The van der Waals surface area contributed by atoms with E-state index in [9.17, 15) is 22.8 Å². The van der Waals surface area contributed by atoms with Gasteiger partial charge in [0.25, 0.3) is 0 Å². The molecule has 1 N–H and O–H groups in total. The topological polar surface area (TPSA) is 78.4 Å². The Balaban J connectivity index is 1.06. The normalized spacial score (nSPS) is 24.8. The molecule has 4 heterocycles. The van der Waals surface area contributed by atoms with Crippen molar-refractivity contribution in [3.63, 3.8) is 0 Å². The zero-order chi connectivity index (χ0) is 21.9. The Morgan fingerprint density at radius 3 is 2.29 bits per heavy atom. The summed E-state index contributed by atoms with van der Waals surface area (Å²) >= 11 is 0. The van der Waals surface area contributed by atoms with Gasteiger partial charge in [-0.3, -0.25) is 9.78 Å². The maximum Gasteiger partial charge on any atom is 0.434 e. The third kappa shape index (κ3) is 3.85. The van der Waals surface area contributed by atoms with Crippen LogP contribution in [0.2, 0.25) is 0 Å². The molecule has 7 nitrogen and oxygen atoms in total. The SMILES string of the molecule is O=C1CCC2(CN(C(=O)N3CC4(CCC(Cc5cnc(C(F)(F)F)cn5)CC4)C3)C2)N1. The Bertz CT molecular complexity index is 866. The number of carbonyl (C=O) groups excluding carboxylic acids is 2. The number of likely N-dealkylation sites (tertiary alicyclic amines) is 2. The van der Waals surface area contributed by atoms with Gasteiger partial charge in [-0.2, -0.15) is 13.2 Å². The smallest absolute Gasteiger partial charge is 0.347 e. The van der Waals surface area contributed by atoms with Gasteiger partial charge < -0.3 is 15.1 Å². The lowest BCUT2D eigenvalue weighted by atomic mass is 9.65. The molecule has 0 unspecified atom stereocenters. The molecule has 0 bridgehead atoms. The molecule has 0 atom stereocenters. The van der Waals surface area contributed by atoms with Crippen molar-refractivity contribution >= 4 is 11.9 Å². The first-order valence-electron chi connectivity index (χ1n) is 10.9. The number of urea groups is 1. The maximum absolute atomic E-state index is 12.7. The van der Waals surface area contributed by atoms with Gasteiger partial charge in [-0.05, 0) is 44.4 Å². The molecule has 3 aliphatic heterocycles. The first-order chi connectivity index (χ1) is 14.7. The Morgan fingerprint density at radius 1 is 1.06 bits per heavy atom. The van der Waals surface area contributed by atoms with Crippen LogP contribution in [0, 0.1) is 11.3 Å². The molecule has 10 heteroatoms. The number of hydrogen-bond donors (Lipinski definition) is 1. The summed E-state index contributed by atoms with van der Waals surface area (Å²) in [5.41, 5.74) is -0.358. The van der Waals surface area contributed by atoms with Gasteiger partial charge in [-0.15, -0.1) is 0 Å². The standard InChI is InChI=1S/C21H26F3N5O2/c22-21(23,24)16-9-25-15(8-26-16)7-14-1-4-19(5-2-14)10-28(11-19)18(31)29-12-20(13-29)6-3-17(30)27-20/h8-9,14H,1-7,10-13H2,(H,27,30). The van der Waals surface area contributed by atoms with Crippen molar-refractivity contribution in [2.75, 3.05) is 26.2 Å². The summed E-state index contributed by atoms with van der Waals surface area (Å²) in [6, 6.07) is 0.0690. The van der Waals surface area contributed by atoms with Crippen molar-refractivity contribution in [2.24, 2.45) is 11.3 Å². The van der Waals surface area contributed by atoms with Crippen LogP contribution in [0.1, 0.15) is 49.9 Å². The Kier molecular flexibility index (Phi) is 4.67. The van der Waals surface area contributed by atoms with Crippen molar-refractivity contribution in [2.45, 2.75) is 56.7 Å². The van der Waals surface area contributed by atoms with Crippen LogP contribution in [0.15, 0.2) is 12.4 Å². The number of halogens is 3. The largest absolute Gasteiger partial charge is 0.434 e. The van der Waals surface area contributed by atoms with E-state index in [1.54, 1.807) is 0 Å². The molecule has 168 valence electrons. The number of aromatic nitrogens is 2. The van der Waals surface area contributed by atoms with Gasteiger partial charge in [0.2, 0.25) is 5.91 Å². The number of alkyl halides is 3. The molecule has 1 saturated carbocycles. The molecule has 3 amide bonds. The zero-order valence-corrected chi connectivity index (χ0v) is 17.2. The third-order valence-corrected chi connectivity index (χ3v) is 7.48. The number of hydrogen-bond acceptors (Lipinski definition) is 4. The summed E-state index contributed by atoms with van der Waals surface area (Å²) in [4.78, 5) is 35.3.